The van der Waals surface area contributed by atoms with E-state index in [1.54, 1.807) is 39.8 Å². The number of carboxylic acids is 1. The molecule has 0 atom stereocenters. The van der Waals surface area contributed by atoms with Crippen LogP contribution in [0.3, 0.4) is 0 Å². The van der Waals surface area contributed by atoms with Gasteiger partial charge >= 0.3 is 53.4 Å². The maximum Gasteiger partial charge on any atom is 1.00 e. The van der Waals surface area contributed by atoms with Crippen molar-refractivity contribution in [2.24, 2.45) is 0 Å². The minimum atomic E-state index is -1.26. The fourth-order valence-electron chi connectivity index (χ4n) is 11.1. The SMILES string of the molecule is C#Cc1ccccc1.CCOC(=O)Cn1nc(-c2ccccc2)c(C#Cc2ccccc2)c1NC(C)=O.CCOC(=O)Cn1nc(-c2ccccc2)c(I)c1NC(C)=O.CCOC(=O)Cn1nc(-c2ccccc2)cc1N.CCOC(=O)Cn1nc(-c2ccccc2)cc1NC(C)=O.Nc1c(C#Cc2ccccc2)c(-c2ccccc2)nn1CC(=O)[O-].[Na+]. The van der Waals surface area contributed by atoms with Gasteiger partial charge in [-0.1, -0.05) is 236 Å². The summed E-state index contributed by atoms with van der Waals surface area (Å²) in [7, 11) is 0. The first kappa shape index (κ1) is 95.7. The second-order valence-electron chi connectivity index (χ2n) is 25.6. The summed E-state index contributed by atoms with van der Waals surface area (Å²) in [5, 5.41) is 41.0. The molecule has 0 radical (unpaired) electrons. The average molecular weight is 1770 g/mol. The molecule has 0 unspecified atom stereocenters. The molecule has 30 heteroatoms. The first-order chi connectivity index (χ1) is 59.0. The summed E-state index contributed by atoms with van der Waals surface area (Å²) in [4.78, 5) is 92.1. The van der Waals surface area contributed by atoms with E-state index < -0.39 is 30.4 Å². The van der Waals surface area contributed by atoms with Crippen LogP contribution in [0.15, 0.2) is 255 Å². The topological polar surface area (TPSA) is 374 Å². The van der Waals surface area contributed by atoms with Gasteiger partial charge in [-0.2, -0.15) is 25.5 Å². The Morgan fingerprint density at radius 3 is 1.09 bits per heavy atom. The summed E-state index contributed by atoms with van der Waals surface area (Å²) in [5.74, 6) is 13.2. The summed E-state index contributed by atoms with van der Waals surface area (Å²) in [6.07, 6.45) is 5.10. The van der Waals surface area contributed by atoms with Crippen LogP contribution in [0.2, 0.25) is 0 Å². The first-order valence-corrected chi connectivity index (χ1v) is 39.3. The molecule has 0 aliphatic heterocycles. The number of carboxylic acid groups (broad SMARTS) is 1. The number of carbonyl (C=O) groups is 8. The molecule has 123 heavy (non-hydrogen) atoms. The molecule has 0 saturated carbocycles. The fourth-order valence-corrected chi connectivity index (χ4v) is 11.9. The smallest absolute Gasteiger partial charge is 0.548 e. The Labute approximate surface area is 748 Å². The Bertz CT molecular complexity index is 5820. The van der Waals surface area contributed by atoms with Crippen molar-refractivity contribution in [1.82, 2.24) is 48.9 Å². The number of nitrogen functional groups attached to an aromatic ring is 2. The van der Waals surface area contributed by atoms with E-state index in [0.717, 1.165) is 53.8 Å². The number of ether oxygens (including phenoxy) is 4. The maximum absolute atomic E-state index is 12.1. The van der Waals surface area contributed by atoms with Gasteiger partial charge in [0.2, 0.25) is 17.7 Å². The van der Waals surface area contributed by atoms with E-state index in [9.17, 15) is 43.5 Å². The van der Waals surface area contributed by atoms with Crippen molar-refractivity contribution in [3.63, 3.8) is 0 Å². The number of nitrogens with zero attached hydrogens (tertiary/aromatic N) is 10. The van der Waals surface area contributed by atoms with E-state index in [1.165, 1.54) is 44.2 Å². The van der Waals surface area contributed by atoms with Crippen molar-refractivity contribution in [3.8, 4) is 92.3 Å². The van der Waals surface area contributed by atoms with Gasteiger partial charge in [0.1, 0.15) is 72.4 Å². The van der Waals surface area contributed by atoms with Gasteiger partial charge in [-0.3, -0.25) is 33.6 Å². The molecule has 3 amide bonds. The van der Waals surface area contributed by atoms with Crippen LogP contribution in [0.1, 0.15) is 76.3 Å². The van der Waals surface area contributed by atoms with Gasteiger partial charge in [-0.25, -0.2) is 23.4 Å². The maximum atomic E-state index is 12.1. The first-order valence-electron chi connectivity index (χ1n) is 38.2. The Hall–Kier alpha value is -14.4. The minimum absolute atomic E-state index is 0. The van der Waals surface area contributed by atoms with Crippen LogP contribution in [-0.4, -0.2) is 123 Å². The molecule has 28 nitrogen and oxygen atoms in total. The zero-order valence-corrected chi connectivity index (χ0v) is 73.2. The number of nitrogens with two attached hydrogens (primary N) is 2. The molecule has 622 valence electrons. The summed E-state index contributed by atoms with van der Waals surface area (Å²) in [6, 6.07) is 79.8. The van der Waals surface area contributed by atoms with Crippen LogP contribution in [0.5, 0.6) is 0 Å². The summed E-state index contributed by atoms with van der Waals surface area (Å²) in [5.41, 5.74) is 23.3. The number of halogens is 1. The number of amides is 3. The average Bonchev–Trinajstić information content (AvgIpc) is 1.24. The number of hydrogen-bond donors (Lipinski definition) is 5. The van der Waals surface area contributed by atoms with Crippen molar-refractivity contribution in [3.05, 3.63) is 286 Å². The van der Waals surface area contributed by atoms with Crippen LogP contribution >= 0.6 is 22.6 Å². The molecule has 5 aromatic heterocycles. The van der Waals surface area contributed by atoms with E-state index in [-0.39, 0.29) is 91.9 Å². The largest absolute Gasteiger partial charge is 1.00 e. The molecule has 13 aromatic rings. The van der Waals surface area contributed by atoms with Gasteiger partial charge in [0.25, 0.3) is 0 Å². The van der Waals surface area contributed by atoms with Gasteiger partial charge in [0, 0.05) is 77.4 Å². The van der Waals surface area contributed by atoms with E-state index >= 15 is 0 Å². The summed E-state index contributed by atoms with van der Waals surface area (Å²) in [6.45, 7) is 11.8. The van der Waals surface area contributed by atoms with Gasteiger partial charge < -0.3 is 56.3 Å². The summed E-state index contributed by atoms with van der Waals surface area (Å²) >= 11 is 2.12. The third-order valence-electron chi connectivity index (χ3n) is 16.4. The van der Waals surface area contributed by atoms with E-state index in [1.807, 2.05) is 243 Å². The van der Waals surface area contributed by atoms with Crippen molar-refractivity contribution in [2.45, 2.75) is 81.2 Å². The molecule has 0 aliphatic rings. The van der Waals surface area contributed by atoms with E-state index in [2.05, 4.69) is 93.6 Å². The number of aromatic nitrogens is 10. The number of terminal acetylenes is 1. The van der Waals surface area contributed by atoms with Crippen LogP contribution in [0, 0.1) is 39.6 Å². The molecule has 0 spiro atoms. The number of carbonyl (C=O) groups excluding carboxylic acids is 8. The third kappa shape index (κ3) is 30.7. The number of anilines is 5. The van der Waals surface area contributed by atoms with E-state index in [0.29, 0.717) is 77.0 Å². The standard InChI is InChI=1S/C23H21N3O3.C19H15N3O2.C15H16IN3O3.C15H17N3O3.C13H15N3O2.C8H6.Na/c1-3-29-21(28)16-26-23(24-17(2)27)20(15-14-18-10-6-4-7-11-18)22(25-26)19-12-8-5-9-13-19;20-19-16(12-11-14-7-3-1-4-8-14)18(15-9-5-2-6-10-15)21-22(19)13-17(23)24;1-3-22-12(21)9-19-15(17-10(2)20)13(16)14(18-19)11-7-5-4-6-8-11;1-3-21-15(20)10-18-14(16-11(2)19)9-13(17-18)12-7-5-4-6-8-12;1-2-18-13(17)9-16-12(14)8-11(15-16)10-6-4-3-5-7-10;1-2-8-6-4-3-5-7-8;/h4-13H,3,16H2,1-2H3,(H,24,27);1-10H,13,20H2,(H,23,24);4-8H,3,9H2,1-2H3,(H,17,20);4-9H,3,10H2,1-2H3,(H,16,19);3-8H,2,9,14H2,1H3;1,3-7H;/q;;;;;;+1/p-1. The molecular formula is C93H89IN15NaO13. The zero-order valence-electron chi connectivity index (χ0n) is 69.0. The predicted molar refractivity (Wildman–Crippen MR) is 474 cm³/mol. The van der Waals surface area contributed by atoms with Crippen LogP contribution in [0.4, 0.5) is 29.1 Å². The second-order valence-corrected chi connectivity index (χ2v) is 26.6. The molecule has 0 aliphatic carbocycles. The molecule has 0 bridgehead atoms. The molecule has 7 N–H and O–H groups in total. The molecule has 13 rings (SSSR count). The number of rotatable bonds is 22. The molecular weight excluding hydrogens is 1690 g/mol. The molecule has 0 fully saturated rings. The number of hydrogen-bond acceptors (Lipinski definition) is 20. The van der Waals surface area contributed by atoms with E-state index in [4.69, 9.17) is 36.8 Å². The van der Waals surface area contributed by atoms with Gasteiger partial charge in [0.05, 0.1) is 65.0 Å². The Balaban J connectivity index is 0.000000207. The van der Waals surface area contributed by atoms with Crippen molar-refractivity contribution in [1.29, 1.82) is 0 Å². The van der Waals surface area contributed by atoms with Crippen LogP contribution in [-0.2, 0) is 90.0 Å². The van der Waals surface area contributed by atoms with Crippen LogP contribution < -0.4 is 62.1 Å². The normalized spacial score (nSPS) is 9.91. The molecule has 5 heterocycles. The van der Waals surface area contributed by atoms with Gasteiger partial charge in [0.15, 0.2) is 0 Å². The minimum Gasteiger partial charge on any atom is -0.548 e. The third-order valence-corrected chi connectivity index (χ3v) is 17.4. The second kappa shape index (κ2) is 50.5. The summed E-state index contributed by atoms with van der Waals surface area (Å²) < 4.78 is 27.5. The predicted octanol–water partition coefficient (Wildman–Crippen LogP) is 9.87. The Morgan fingerprint density at radius 2 is 0.699 bits per heavy atom. The number of nitrogens with one attached hydrogen (secondary N) is 3. The number of benzene rings is 8. The molecule has 0 saturated heterocycles. The number of aliphatic carboxylic acids is 1. The number of esters is 4. The van der Waals surface area contributed by atoms with Crippen molar-refractivity contribution >= 4 is 99.2 Å². The van der Waals surface area contributed by atoms with Crippen LogP contribution in [0.25, 0.3) is 56.3 Å². The van der Waals surface area contributed by atoms with Gasteiger partial charge in [-0.05, 0) is 86.7 Å². The zero-order chi connectivity index (χ0) is 87.7. The Morgan fingerprint density at radius 1 is 0.382 bits per heavy atom. The van der Waals surface area contributed by atoms with Crippen molar-refractivity contribution in [2.75, 3.05) is 53.8 Å². The quantitative estimate of drug-likeness (QED) is 0.0138. The monoisotopic (exact) mass is 1770 g/mol. The van der Waals surface area contributed by atoms with Crippen molar-refractivity contribution < 1.29 is 92.0 Å². The van der Waals surface area contributed by atoms with Gasteiger partial charge in [-0.15, -0.1) is 6.42 Å². The Kier molecular flexibility index (Phi) is 39.3. The molecule has 8 aromatic carbocycles. The fraction of sp³-hybridized carbons (Fsp3) is 0.172.